The van der Waals surface area contributed by atoms with Gasteiger partial charge >= 0.3 is 0 Å². The van der Waals surface area contributed by atoms with Gasteiger partial charge in [-0.05, 0) is 44.5 Å². The molecule has 0 amide bonds. The summed E-state index contributed by atoms with van der Waals surface area (Å²) in [5.74, 6) is 1.85. The summed E-state index contributed by atoms with van der Waals surface area (Å²) >= 11 is 0. The zero-order valence-electron chi connectivity index (χ0n) is 14.6. The van der Waals surface area contributed by atoms with Crippen LogP contribution >= 0.6 is 0 Å². The molecule has 7 nitrogen and oxygen atoms in total. The van der Waals surface area contributed by atoms with E-state index >= 15 is 0 Å². The number of piperidine rings is 1. The monoisotopic (exact) mass is 346 g/mol. The van der Waals surface area contributed by atoms with E-state index in [2.05, 4.69) is 19.9 Å². The van der Waals surface area contributed by atoms with Crippen LogP contribution < -0.4 is 0 Å². The lowest BCUT2D eigenvalue weighted by Gasteiger charge is -2.36. The molecule has 2 aromatic rings. The number of hydrogen-bond acceptors (Lipinski definition) is 7. The van der Waals surface area contributed by atoms with E-state index in [4.69, 9.17) is 13.7 Å². The third kappa shape index (κ3) is 4.29. The normalized spacial score (nSPS) is 23.1. The van der Waals surface area contributed by atoms with Crippen molar-refractivity contribution in [2.24, 2.45) is 0 Å². The van der Waals surface area contributed by atoms with Crippen molar-refractivity contribution in [1.29, 1.82) is 0 Å². The Bertz CT molecular complexity index is 637. The smallest absolute Gasteiger partial charge is 0.241 e. The number of furan rings is 1. The molecule has 136 valence electrons. The fraction of sp³-hybridized carbons (Fsp3) is 0.667. The number of rotatable bonds is 6. The minimum atomic E-state index is 0.530. The van der Waals surface area contributed by atoms with Crippen LogP contribution in [0.25, 0.3) is 11.6 Å². The van der Waals surface area contributed by atoms with Crippen LogP contribution in [-0.2, 0) is 11.3 Å². The van der Waals surface area contributed by atoms with Crippen molar-refractivity contribution in [3.05, 3.63) is 24.3 Å². The zero-order valence-corrected chi connectivity index (χ0v) is 14.6. The van der Waals surface area contributed by atoms with Crippen LogP contribution in [0, 0.1) is 0 Å². The highest BCUT2D eigenvalue weighted by Crippen LogP contribution is 2.23. The molecule has 2 aromatic heterocycles. The van der Waals surface area contributed by atoms with Crippen molar-refractivity contribution in [2.45, 2.75) is 38.3 Å². The maximum atomic E-state index is 5.44. The van der Waals surface area contributed by atoms with Gasteiger partial charge in [0.15, 0.2) is 5.76 Å². The van der Waals surface area contributed by atoms with Crippen molar-refractivity contribution in [3.8, 4) is 11.6 Å². The van der Waals surface area contributed by atoms with Crippen LogP contribution in [0.2, 0.25) is 0 Å². The molecular formula is C18H26N4O3. The average Bonchev–Trinajstić information content (AvgIpc) is 3.33. The molecule has 2 saturated heterocycles. The van der Waals surface area contributed by atoms with Crippen LogP contribution in [0.5, 0.6) is 0 Å². The Kier molecular flexibility index (Phi) is 5.44. The molecule has 2 aliphatic heterocycles. The molecule has 0 bridgehead atoms. The van der Waals surface area contributed by atoms with Gasteiger partial charge in [0.05, 0.1) is 26.0 Å². The quantitative estimate of drug-likeness (QED) is 0.795. The SMILES string of the molecule is c1coc(-c2noc(CN3CCCC[C@@H]3CCN3CCOCC3)n2)c1. The number of nitrogens with zero attached hydrogens (tertiary/aromatic N) is 4. The summed E-state index contributed by atoms with van der Waals surface area (Å²) < 4.78 is 16.2. The maximum absolute atomic E-state index is 5.44. The van der Waals surface area contributed by atoms with Gasteiger partial charge in [-0.3, -0.25) is 9.80 Å². The van der Waals surface area contributed by atoms with Gasteiger partial charge in [0.1, 0.15) is 0 Å². The Morgan fingerprint density at radius 1 is 1.16 bits per heavy atom. The highest BCUT2D eigenvalue weighted by atomic mass is 16.5. The molecule has 4 rings (SSSR count). The Labute approximate surface area is 147 Å². The first-order valence-corrected chi connectivity index (χ1v) is 9.29. The Balaban J connectivity index is 1.34. The lowest BCUT2D eigenvalue weighted by atomic mass is 9.99. The minimum Gasteiger partial charge on any atom is -0.461 e. The summed E-state index contributed by atoms with van der Waals surface area (Å²) in [4.78, 5) is 9.51. The van der Waals surface area contributed by atoms with Gasteiger partial charge in [-0.15, -0.1) is 0 Å². The molecule has 2 aliphatic rings. The number of aromatic nitrogens is 2. The number of morpholine rings is 1. The largest absolute Gasteiger partial charge is 0.461 e. The van der Waals surface area contributed by atoms with Crippen molar-refractivity contribution >= 4 is 0 Å². The van der Waals surface area contributed by atoms with Crippen LogP contribution in [0.15, 0.2) is 27.3 Å². The van der Waals surface area contributed by atoms with Crippen LogP contribution in [0.3, 0.4) is 0 Å². The van der Waals surface area contributed by atoms with Gasteiger partial charge in [0.2, 0.25) is 11.7 Å². The molecule has 7 heteroatoms. The summed E-state index contributed by atoms with van der Waals surface area (Å²) in [5, 5.41) is 4.04. The molecule has 0 aromatic carbocycles. The topological polar surface area (TPSA) is 67.8 Å². The number of ether oxygens (including phenoxy) is 1. The molecule has 4 heterocycles. The summed E-state index contributed by atoms with van der Waals surface area (Å²) in [7, 11) is 0. The predicted octanol–water partition coefficient (Wildman–Crippen LogP) is 2.41. The molecule has 0 radical (unpaired) electrons. The van der Waals surface area contributed by atoms with Crippen molar-refractivity contribution < 1.29 is 13.7 Å². The van der Waals surface area contributed by atoms with Gasteiger partial charge in [0.25, 0.3) is 0 Å². The van der Waals surface area contributed by atoms with Gasteiger partial charge in [0, 0.05) is 19.1 Å². The second-order valence-corrected chi connectivity index (χ2v) is 6.85. The van der Waals surface area contributed by atoms with E-state index in [1.807, 2.05) is 12.1 Å². The molecule has 0 spiro atoms. The van der Waals surface area contributed by atoms with Gasteiger partial charge in [-0.25, -0.2) is 0 Å². The van der Waals surface area contributed by atoms with E-state index in [9.17, 15) is 0 Å². The van der Waals surface area contributed by atoms with Crippen molar-refractivity contribution in [2.75, 3.05) is 39.4 Å². The van der Waals surface area contributed by atoms with E-state index in [1.54, 1.807) is 6.26 Å². The molecule has 2 fully saturated rings. The summed E-state index contributed by atoms with van der Waals surface area (Å²) in [6, 6.07) is 4.27. The standard InChI is InChI=1S/C18H26N4O3/c1-2-7-22(15(4-1)6-8-21-9-12-23-13-10-21)14-17-19-18(20-25-17)16-5-3-11-24-16/h3,5,11,15H,1-2,4,6-10,12-14H2/t15-/m1/s1. The third-order valence-electron chi connectivity index (χ3n) is 5.18. The molecule has 0 aliphatic carbocycles. The molecule has 1 atom stereocenters. The van der Waals surface area contributed by atoms with E-state index in [0.717, 1.165) is 45.9 Å². The Morgan fingerprint density at radius 3 is 2.92 bits per heavy atom. The van der Waals surface area contributed by atoms with Crippen molar-refractivity contribution in [3.63, 3.8) is 0 Å². The maximum Gasteiger partial charge on any atom is 0.241 e. The molecule has 0 saturated carbocycles. The first-order chi connectivity index (χ1) is 12.4. The summed E-state index contributed by atoms with van der Waals surface area (Å²) in [6.07, 6.45) is 6.62. The molecular weight excluding hydrogens is 320 g/mol. The van der Waals surface area contributed by atoms with E-state index < -0.39 is 0 Å². The van der Waals surface area contributed by atoms with Crippen molar-refractivity contribution in [1.82, 2.24) is 19.9 Å². The van der Waals surface area contributed by atoms with Crippen LogP contribution in [0.1, 0.15) is 31.6 Å². The predicted molar refractivity (Wildman–Crippen MR) is 91.9 cm³/mol. The van der Waals surface area contributed by atoms with E-state index in [-0.39, 0.29) is 0 Å². The first kappa shape index (κ1) is 16.8. The van der Waals surface area contributed by atoms with Crippen LogP contribution in [0.4, 0.5) is 0 Å². The minimum absolute atomic E-state index is 0.530. The fourth-order valence-corrected chi connectivity index (χ4v) is 3.75. The molecule has 0 N–H and O–H groups in total. The van der Waals surface area contributed by atoms with E-state index in [0.29, 0.717) is 23.5 Å². The lowest BCUT2D eigenvalue weighted by molar-refractivity contribution is 0.0294. The third-order valence-corrected chi connectivity index (χ3v) is 5.18. The van der Waals surface area contributed by atoms with E-state index in [1.165, 1.54) is 25.7 Å². The number of likely N-dealkylation sites (tertiary alicyclic amines) is 1. The highest BCUT2D eigenvalue weighted by molar-refractivity contribution is 5.44. The highest BCUT2D eigenvalue weighted by Gasteiger charge is 2.25. The second kappa shape index (κ2) is 8.12. The Hall–Kier alpha value is -1.70. The average molecular weight is 346 g/mol. The lowest BCUT2D eigenvalue weighted by Crippen LogP contribution is -2.43. The molecule has 25 heavy (non-hydrogen) atoms. The Morgan fingerprint density at radius 2 is 2.08 bits per heavy atom. The van der Waals surface area contributed by atoms with Gasteiger partial charge in [-0.1, -0.05) is 11.6 Å². The molecule has 0 unspecified atom stereocenters. The van der Waals surface area contributed by atoms with Gasteiger partial charge < -0.3 is 13.7 Å². The van der Waals surface area contributed by atoms with Gasteiger partial charge in [-0.2, -0.15) is 4.98 Å². The summed E-state index contributed by atoms with van der Waals surface area (Å²) in [5.41, 5.74) is 0. The first-order valence-electron chi connectivity index (χ1n) is 9.29. The zero-order chi connectivity index (χ0) is 16.9. The summed E-state index contributed by atoms with van der Waals surface area (Å²) in [6.45, 7) is 6.82. The number of hydrogen-bond donors (Lipinski definition) is 0. The second-order valence-electron chi connectivity index (χ2n) is 6.85. The van der Waals surface area contributed by atoms with Crippen LogP contribution in [-0.4, -0.2) is 65.4 Å². The fourth-order valence-electron chi connectivity index (χ4n) is 3.75.